The molecule has 0 N–H and O–H groups in total. The van der Waals surface area contributed by atoms with Crippen LogP contribution >= 0.6 is 0 Å². The maximum absolute atomic E-state index is 13.1. The molecule has 0 saturated carbocycles. The van der Waals surface area contributed by atoms with E-state index in [1.807, 2.05) is 23.1 Å². The number of carbonyl (C=O) groups is 1. The number of hydrogen-bond donors (Lipinski definition) is 0. The van der Waals surface area contributed by atoms with Crippen LogP contribution in [0.4, 0.5) is 5.69 Å². The average molecular weight is 399 g/mol. The Morgan fingerprint density at radius 2 is 1.68 bits per heavy atom. The molecule has 0 aliphatic carbocycles. The summed E-state index contributed by atoms with van der Waals surface area (Å²) in [4.78, 5) is 14.9. The van der Waals surface area contributed by atoms with Gasteiger partial charge in [0.2, 0.25) is 10.0 Å². The number of benzene rings is 2. The van der Waals surface area contributed by atoms with Crippen molar-refractivity contribution in [3.8, 4) is 0 Å². The number of amides is 1. The molecule has 1 saturated heterocycles. The predicted molar refractivity (Wildman–Crippen MR) is 111 cm³/mol. The Labute approximate surface area is 167 Å². The monoisotopic (exact) mass is 398 g/mol. The molecule has 0 bridgehead atoms. The second-order valence-electron chi connectivity index (χ2n) is 7.77. The first kappa shape index (κ1) is 19.2. The van der Waals surface area contributed by atoms with Crippen molar-refractivity contribution in [1.82, 2.24) is 4.31 Å². The fraction of sp³-hybridized carbons (Fsp3) is 0.409. The molecule has 1 amide bonds. The van der Waals surface area contributed by atoms with Gasteiger partial charge in [0.05, 0.1) is 5.75 Å². The standard InChI is InChI=1S/C22H26N2O3S/c1-17-15-20-7-3-4-8-21(20)24(17)22(25)19-11-9-18(10-12-19)16-28(26,27)23-13-5-2-6-14-23/h3-4,7-12,17H,2,5-6,13-16H2,1H3/t17-/m1/s1. The maximum Gasteiger partial charge on any atom is 0.258 e. The molecule has 28 heavy (non-hydrogen) atoms. The lowest BCUT2D eigenvalue weighted by atomic mass is 10.1. The molecule has 2 aliphatic heterocycles. The van der Waals surface area contributed by atoms with Gasteiger partial charge < -0.3 is 4.90 Å². The minimum Gasteiger partial charge on any atom is -0.305 e. The van der Waals surface area contributed by atoms with E-state index in [9.17, 15) is 13.2 Å². The fourth-order valence-electron chi connectivity index (χ4n) is 4.20. The van der Waals surface area contributed by atoms with Crippen LogP contribution in [0.1, 0.15) is 47.7 Å². The number of hydrogen-bond acceptors (Lipinski definition) is 3. The first-order chi connectivity index (χ1) is 13.5. The van der Waals surface area contributed by atoms with Crippen molar-refractivity contribution < 1.29 is 13.2 Å². The van der Waals surface area contributed by atoms with E-state index in [1.165, 1.54) is 5.56 Å². The van der Waals surface area contributed by atoms with Gasteiger partial charge in [-0.2, -0.15) is 0 Å². The predicted octanol–water partition coefficient (Wildman–Crippen LogP) is 3.59. The van der Waals surface area contributed by atoms with Crippen molar-refractivity contribution in [2.75, 3.05) is 18.0 Å². The Morgan fingerprint density at radius 3 is 2.39 bits per heavy atom. The number of piperidine rings is 1. The van der Waals surface area contributed by atoms with E-state index in [4.69, 9.17) is 0 Å². The Hall–Kier alpha value is -2.18. The van der Waals surface area contributed by atoms with Crippen LogP contribution in [-0.2, 0) is 22.2 Å². The summed E-state index contributed by atoms with van der Waals surface area (Å²) in [6.45, 7) is 3.29. The number of sulfonamides is 1. The Bertz CT molecular complexity index is 964. The molecule has 4 rings (SSSR count). The molecule has 2 aliphatic rings. The van der Waals surface area contributed by atoms with Crippen molar-refractivity contribution in [2.45, 2.75) is 44.4 Å². The summed E-state index contributed by atoms with van der Waals surface area (Å²) in [5, 5.41) is 0. The molecule has 0 aromatic heterocycles. The Morgan fingerprint density at radius 1 is 1.00 bits per heavy atom. The second kappa shape index (κ2) is 7.68. The molecule has 0 radical (unpaired) electrons. The zero-order chi connectivity index (χ0) is 19.7. The van der Waals surface area contributed by atoms with Crippen LogP contribution in [-0.4, -0.2) is 37.8 Å². The minimum atomic E-state index is -3.30. The van der Waals surface area contributed by atoms with Crippen LogP contribution in [0.5, 0.6) is 0 Å². The highest BCUT2D eigenvalue weighted by Gasteiger charge is 2.31. The number of fused-ring (bicyclic) bond motifs is 1. The van der Waals surface area contributed by atoms with Crippen LogP contribution in [0, 0.1) is 0 Å². The minimum absolute atomic E-state index is 0.00950. The van der Waals surface area contributed by atoms with Gasteiger partial charge in [0.1, 0.15) is 0 Å². The molecular formula is C22H26N2O3S. The number of para-hydroxylation sites is 1. The van der Waals surface area contributed by atoms with E-state index in [0.717, 1.165) is 36.9 Å². The fourth-order valence-corrected chi connectivity index (χ4v) is 5.81. The summed E-state index contributed by atoms with van der Waals surface area (Å²) < 4.78 is 26.8. The molecule has 148 valence electrons. The SMILES string of the molecule is C[C@@H]1Cc2ccccc2N1C(=O)c1ccc(CS(=O)(=O)N2CCCCC2)cc1. The number of carbonyl (C=O) groups excluding carboxylic acids is 1. The maximum atomic E-state index is 13.1. The molecule has 2 aromatic rings. The molecule has 1 atom stereocenters. The largest absolute Gasteiger partial charge is 0.305 e. The van der Waals surface area contributed by atoms with Gasteiger partial charge in [0, 0.05) is 30.4 Å². The average Bonchev–Trinajstić information content (AvgIpc) is 3.04. The molecule has 6 heteroatoms. The van der Waals surface area contributed by atoms with Gasteiger partial charge in [-0.05, 0) is 55.5 Å². The topological polar surface area (TPSA) is 57.7 Å². The molecular weight excluding hydrogens is 372 g/mol. The summed E-state index contributed by atoms with van der Waals surface area (Å²) in [5.74, 6) is -0.0485. The highest BCUT2D eigenvalue weighted by Crippen LogP contribution is 2.33. The van der Waals surface area contributed by atoms with Gasteiger partial charge in [0.15, 0.2) is 0 Å². The summed E-state index contributed by atoms with van der Waals surface area (Å²) >= 11 is 0. The summed E-state index contributed by atoms with van der Waals surface area (Å²) in [6, 6.07) is 15.1. The number of anilines is 1. The second-order valence-corrected chi connectivity index (χ2v) is 9.74. The van der Waals surface area contributed by atoms with Crippen LogP contribution in [0.2, 0.25) is 0 Å². The first-order valence-electron chi connectivity index (χ1n) is 9.94. The van der Waals surface area contributed by atoms with Crippen molar-refractivity contribution >= 4 is 21.6 Å². The lowest BCUT2D eigenvalue weighted by Gasteiger charge is -2.26. The van der Waals surface area contributed by atoms with E-state index in [-0.39, 0.29) is 17.7 Å². The van der Waals surface area contributed by atoms with Gasteiger partial charge in [-0.15, -0.1) is 0 Å². The zero-order valence-corrected chi connectivity index (χ0v) is 17.0. The summed E-state index contributed by atoms with van der Waals surface area (Å²) in [7, 11) is -3.30. The lowest BCUT2D eigenvalue weighted by molar-refractivity contribution is 0.0981. The van der Waals surface area contributed by atoms with Crippen molar-refractivity contribution in [2.24, 2.45) is 0 Å². The Balaban J connectivity index is 1.50. The Kier molecular flexibility index (Phi) is 5.25. The van der Waals surface area contributed by atoms with E-state index in [1.54, 1.807) is 28.6 Å². The van der Waals surface area contributed by atoms with Gasteiger partial charge in [-0.1, -0.05) is 36.8 Å². The van der Waals surface area contributed by atoms with Gasteiger partial charge in [0.25, 0.3) is 5.91 Å². The van der Waals surface area contributed by atoms with Gasteiger partial charge >= 0.3 is 0 Å². The first-order valence-corrected chi connectivity index (χ1v) is 11.5. The third kappa shape index (κ3) is 3.71. The number of rotatable bonds is 4. The molecule has 0 spiro atoms. The molecule has 2 aromatic carbocycles. The smallest absolute Gasteiger partial charge is 0.258 e. The molecule has 2 heterocycles. The van der Waals surface area contributed by atoms with E-state index >= 15 is 0 Å². The third-order valence-electron chi connectivity index (χ3n) is 5.68. The van der Waals surface area contributed by atoms with Crippen molar-refractivity contribution in [3.05, 3.63) is 65.2 Å². The lowest BCUT2D eigenvalue weighted by Crippen LogP contribution is -2.36. The third-order valence-corrected chi connectivity index (χ3v) is 7.53. The van der Waals surface area contributed by atoms with E-state index in [2.05, 4.69) is 13.0 Å². The van der Waals surface area contributed by atoms with Crippen LogP contribution in [0.15, 0.2) is 48.5 Å². The molecule has 5 nitrogen and oxygen atoms in total. The van der Waals surface area contributed by atoms with Crippen molar-refractivity contribution in [1.29, 1.82) is 0 Å². The molecule has 1 fully saturated rings. The highest BCUT2D eigenvalue weighted by atomic mass is 32.2. The molecule has 0 unspecified atom stereocenters. The van der Waals surface area contributed by atoms with Crippen LogP contribution in [0.3, 0.4) is 0 Å². The van der Waals surface area contributed by atoms with E-state index in [0.29, 0.717) is 18.7 Å². The highest BCUT2D eigenvalue weighted by molar-refractivity contribution is 7.88. The zero-order valence-electron chi connectivity index (χ0n) is 16.2. The van der Waals surface area contributed by atoms with Crippen molar-refractivity contribution in [3.63, 3.8) is 0 Å². The van der Waals surface area contributed by atoms with Crippen LogP contribution < -0.4 is 4.90 Å². The van der Waals surface area contributed by atoms with Gasteiger partial charge in [-0.3, -0.25) is 4.79 Å². The summed E-state index contributed by atoms with van der Waals surface area (Å²) in [6.07, 6.45) is 3.82. The summed E-state index contributed by atoms with van der Waals surface area (Å²) in [5.41, 5.74) is 3.46. The van der Waals surface area contributed by atoms with E-state index < -0.39 is 10.0 Å². The quantitative estimate of drug-likeness (QED) is 0.791. The van der Waals surface area contributed by atoms with Crippen LogP contribution in [0.25, 0.3) is 0 Å². The van der Waals surface area contributed by atoms with Gasteiger partial charge in [-0.25, -0.2) is 12.7 Å². The number of nitrogens with zero attached hydrogens (tertiary/aromatic N) is 2. The normalized spacial score (nSPS) is 20.2.